The minimum atomic E-state index is -0.102. The minimum Gasteiger partial charge on any atom is -0.338 e. The predicted octanol–water partition coefficient (Wildman–Crippen LogP) is 1.70. The molecule has 1 aliphatic rings. The second kappa shape index (κ2) is 5.81. The van der Waals surface area contributed by atoms with Gasteiger partial charge in [-0.05, 0) is 0 Å². The van der Waals surface area contributed by atoms with Crippen molar-refractivity contribution in [2.45, 2.75) is 39.2 Å². The molecular formula is C16H23N5O2. The van der Waals surface area contributed by atoms with Crippen LogP contribution in [0.15, 0.2) is 16.9 Å². The molecule has 1 aliphatic heterocycles. The van der Waals surface area contributed by atoms with Crippen LogP contribution in [0.3, 0.4) is 0 Å². The van der Waals surface area contributed by atoms with Crippen molar-refractivity contribution < 1.29 is 9.32 Å². The molecule has 0 aliphatic carbocycles. The smallest absolute Gasteiger partial charge is 0.240 e. The lowest BCUT2D eigenvalue weighted by molar-refractivity contribution is -0.117. The summed E-state index contributed by atoms with van der Waals surface area (Å²) >= 11 is 0. The number of aromatic nitrogens is 3. The number of nitrogens with zero attached hydrogens (tertiary/aromatic N) is 4. The topological polar surface area (TPSA) is 76.2 Å². The van der Waals surface area contributed by atoms with Gasteiger partial charge < -0.3 is 9.09 Å². The van der Waals surface area contributed by atoms with Crippen molar-refractivity contribution in [3.05, 3.63) is 29.5 Å². The van der Waals surface area contributed by atoms with Gasteiger partial charge in [-0.1, -0.05) is 25.9 Å². The summed E-state index contributed by atoms with van der Waals surface area (Å²) in [5, 5.41) is 6.78. The zero-order valence-corrected chi connectivity index (χ0v) is 14.1. The molecule has 3 heterocycles. The van der Waals surface area contributed by atoms with Crippen molar-refractivity contribution in [3.8, 4) is 0 Å². The Morgan fingerprint density at radius 3 is 2.91 bits per heavy atom. The number of imidazole rings is 1. The molecule has 2 aromatic heterocycles. The van der Waals surface area contributed by atoms with E-state index in [4.69, 9.17) is 4.52 Å². The molecule has 3 rings (SSSR count). The molecule has 0 atom stereocenters. The largest absolute Gasteiger partial charge is 0.338 e. The van der Waals surface area contributed by atoms with Gasteiger partial charge >= 0.3 is 0 Å². The molecule has 124 valence electrons. The third kappa shape index (κ3) is 3.44. The summed E-state index contributed by atoms with van der Waals surface area (Å²) < 4.78 is 7.25. The third-order valence-electron chi connectivity index (χ3n) is 4.09. The first-order valence-electron chi connectivity index (χ1n) is 7.81. The standard InChI is InChI=1S/C16H23N5O2/c1-16(2,3)13-7-15(23-19-13)18-14(22)9-21-6-5-12-11(8-21)17-10-20(12)4/h7,10H,5-6,8-9H2,1-4H3,(H,18,22). The fraction of sp³-hybridized carbons (Fsp3) is 0.562. The number of fused-ring (bicyclic) bond motifs is 1. The van der Waals surface area contributed by atoms with Gasteiger partial charge in [0.25, 0.3) is 0 Å². The molecule has 7 heteroatoms. The average Bonchev–Trinajstić information content (AvgIpc) is 3.06. The van der Waals surface area contributed by atoms with E-state index in [1.54, 1.807) is 6.07 Å². The monoisotopic (exact) mass is 317 g/mol. The third-order valence-corrected chi connectivity index (χ3v) is 4.09. The predicted molar refractivity (Wildman–Crippen MR) is 86.0 cm³/mol. The average molecular weight is 317 g/mol. The molecule has 7 nitrogen and oxygen atoms in total. The van der Waals surface area contributed by atoms with Crippen LogP contribution < -0.4 is 5.32 Å². The van der Waals surface area contributed by atoms with E-state index >= 15 is 0 Å². The second-order valence-electron chi connectivity index (χ2n) is 7.08. The van der Waals surface area contributed by atoms with Gasteiger partial charge in [0.1, 0.15) is 0 Å². The number of amides is 1. The van der Waals surface area contributed by atoms with Crippen LogP contribution in [-0.2, 0) is 30.2 Å². The van der Waals surface area contributed by atoms with Crippen LogP contribution in [0, 0.1) is 0 Å². The van der Waals surface area contributed by atoms with Crippen molar-refractivity contribution in [3.63, 3.8) is 0 Å². The number of hydrogen-bond donors (Lipinski definition) is 1. The maximum Gasteiger partial charge on any atom is 0.240 e. The van der Waals surface area contributed by atoms with Gasteiger partial charge in [0.05, 0.1) is 24.3 Å². The normalized spacial score (nSPS) is 15.5. The Bertz CT molecular complexity index is 710. The Kier molecular flexibility index (Phi) is 3.97. The van der Waals surface area contributed by atoms with E-state index in [9.17, 15) is 4.79 Å². The van der Waals surface area contributed by atoms with E-state index in [2.05, 4.69) is 45.7 Å². The van der Waals surface area contributed by atoms with Gasteiger partial charge in [0.15, 0.2) is 0 Å². The van der Waals surface area contributed by atoms with Crippen LogP contribution in [-0.4, -0.2) is 38.6 Å². The Morgan fingerprint density at radius 2 is 2.22 bits per heavy atom. The fourth-order valence-electron chi connectivity index (χ4n) is 2.71. The Labute approximate surface area is 135 Å². The molecule has 0 spiro atoms. The molecule has 0 radical (unpaired) electrons. The number of hydrogen-bond acceptors (Lipinski definition) is 5. The molecule has 23 heavy (non-hydrogen) atoms. The molecule has 0 bridgehead atoms. The first-order valence-corrected chi connectivity index (χ1v) is 7.81. The number of carbonyl (C=O) groups is 1. The highest BCUT2D eigenvalue weighted by Gasteiger charge is 2.23. The summed E-state index contributed by atoms with van der Waals surface area (Å²) in [6, 6.07) is 1.78. The molecule has 0 unspecified atom stereocenters. The number of nitrogens with one attached hydrogen (secondary N) is 1. The van der Waals surface area contributed by atoms with E-state index in [-0.39, 0.29) is 11.3 Å². The molecule has 1 N–H and O–H groups in total. The molecule has 2 aromatic rings. The van der Waals surface area contributed by atoms with Crippen LogP contribution in [0.25, 0.3) is 0 Å². The number of rotatable bonds is 3. The summed E-state index contributed by atoms with van der Waals surface area (Å²) in [6.07, 6.45) is 2.74. The molecular weight excluding hydrogens is 294 g/mol. The summed E-state index contributed by atoms with van der Waals surface area (Å²) in [6.45, 7) is 8.02. The first kappa shape index (κ1) is 15.7. The molecule has 1 amide bonds. The molecule has 0 aromatic carbocycles. The maximum absolute atomic E-state index is 12.2. The van der Waals surface area contributed by atoms with Crippen LogP contribution >= 0.6 is 0 Å². The van der Waals surface area contributed by atoms with Crippen molar-refractivity contribution in [2.75, 3.05) is 18.4 Å². The van der Waals surface area contributed by atoms with Gasteiger partial charge in [0.2, 0.25) is 11.8 Å². The molecule has 0 saturated heterocycles. The number of anilines is 1. The van der Waals surface area contributed by atoms with E-state index in [1.165, 1.54) is 5.69 Å². The van der Waals surface area contributed by atoms with Gasteiger partial charge in [-0.3, -0.25) is 15.0 Å². The Hall–Kier alpha value is -2.15. The lowest BCUT2D eigenvalue weighted by Crippen LogP contribution is -2.37. The van der Waals surface area contributed by atoms with E-state index in [0.29, 0.717) is 19.0 Å². The van der Waals surface area contributed by atoms with Crippen LogP contribution in [0.5, 0.6) is 0 Å². The quantitative estimate of drug-likeness (QED) is 0.932. The summed E-state index contributed by atoms with van der Waals surface area (Å²) in [7, 11) is 2.00. The van der Waals surface area contributed by atoms with Gasteiger partial charge in [-0.2, -0.15) is 0 Å². The summed E-state index contributed by atoms with van der Waals surface area (Å²) in [5.74, 6) is 0.302. The van der Waals surface area contributed by atoms with Crippen molar-refractivity contribution >= 4 is 11.8 Å². The van der Waals surface area contributed by atoms with E-state index in [0.717, 1.165) is 24.4 Å². The second-order valence-corrected chi connectivity index (χ2v) is 7.08. The zero-order valence-electron chi connectivity index (χ0n) is 14.1. The van der Waals surface area contributed by atoms with Gasteiger partial charge in [0, 0.05) is 43.7 Å². The number of carbonyl (C=O) groups excluding carboxylic acids is 1. The summed E-state index contributed by atoms with van der Waals surface area (Å²) in [4.78, 5) is 18.7. The lowest BCUT2D eigenvalue weighted by atomic mass is 9.92. The first-order chi connectivity index (χ1) is 10.8. The highest BCUT2D eigenvalue weighted by Crippen LogP contribution is 2.23. The van der Waals surface area contributed by atoms with Crippen molar-refractivity contribution in [1.29, 1.82) is 0 Å². The Morgan fingerprint density at radius 1 is 1.43 bits per heavy atom. The highest BCUT2D eigenvalue weighted by atomic mass is 16.5. The maximum atomic E-state index is 12.2. The van der Waals surface area contributed by atoms with Crippen LogP contribution in [0.2, 0.25) is 0 Å². The van der Waals surface area contributed by atoms with Crippen molar-refractivity contribution in [2.24, 2.45) is 7.05 Å². The number of aryl methyl sites for hydroxylation is 1. The van der Waals surface area contributed by atoms with Crippen LogP contribution in [0.4, 0.5) is 5.88 Å². The van der Waals surface area contributed by atoms with E-state index in [1.807, 2.05) is 13.4 Å². The fourth-order valence-corrected chi connectivity index (χ4v) is 2.71. The minimum absolute atomic E-state index is 0.0963. The zero-order chi connectivity index (χ0) is 16.6. The van der Waals surface area contributed by atoms with Crippen molar-refractivity contribution in [1.82, 2.24) is 19.6 Å². The molecule has 0 saturated carbocycles. The Balaban J connectivity index is 1.57. The van der Waals surface area contributed by atoms with Gasteiger partial charge in [-0.15, -0.1) is 0 Å². The lowest BCUT2D eigenvalue weighted by Gasteiger charge is -2.25. The SMILES string of the molecule is Cn1cnc2c1CCN(CC(=O)Nc1cc(C(C)(C)C)no1)C2. The molecule has 0 fully saturated rings. The van der Waals surface area contributed by atoms with Gasteiger partial charge in [-0.25, -0.2) is 4.98 Å². The highest BCUT2D eigenvalue weighted by molar-refractivity contribution is 5.91. The van der Waals surface area contributed by atoms with Crippen LogP contribution in [0.1, 0.15) is 37.9 Å². The summed E-state index contributed by atoms with van der Waals surface area (Å²) in [5.41, 5.74) is 3.03. The van der Waals surface area contributed by atoms with E-state index < -0.39 is 0 Å².